The molecular formula is C15H24N2O4. The second-order valence-electron chi connectivity index (χ2n) is 4.39. The molecule has 1 aromatic rings. The molecule has 0 saturated carbocycles. The minimum Gasteiger partial charge on any atom is -0.497 e. The molecular weight excluding hydrogens is 272 g/mol. The van der Waals surface area contributed by atoms with Crippen LogP contribution >= 0.6 is 0 Å². The minimum absolute atomic E-state index is 0.0264. The molecule has 1 atom stereocenters. The van der Waals surface area contributed by atoms with Gasteiger partial charge in [0.1, 0.15) is 11.5 Å². The molecule has 2 amide bonds. The molecule has 118 valence electrons. The first kappa shape index (κ1) is 17.1. The summed E-state index contributed by atoms with van der Waals surface area (Å²) in [4.78, 5) is 11.9. The number of amides is 2. The van der Waals surface area contributed by atoms with E-state index in [0.29, 0.717) is 30.3 Å². The van der Waals surface area contributed by atoms with E-state index in [2.05, 4.69) is 10.6 Å². The SMILES string of the molecule is CCOC(CC)CNC(=O)Nc1ccc(OC)cc1OC. The molecule has 0 bridgehead atoms. The van der Waals surface area contributed by atoms with E-state index in [1.807, 2.05) is 13.8 Å². The third-order valence-electron chi connectivity index (χ3n) is 3.00. The molecule has 0 radical (unpaired) electrons. The Morgan fingerprint density at radius 2 is 2.00 bits per heavy atom. The van der Waals surface area contributed by atoms with Gasteiger partial charge in [-0.2, -0.15) is 0 Å². The normalized spacial score (nSPS) is 11.6. The van der Waals surface area contributed by atoms with Crippen LogP contribution in [0.1, 0.15) is 20.3 Å². The lowest BCUT2D eigenvalue weighted by molar-refractivity contribution is 0.0622. The zero-order chi connectivity index (χ0) is 15.7. The first-order valence-corrected chi connectivity index (χ1v) is 7.03. The number of carbonyl (C=O) groups excluding carboxylic acids is 1. The van der Waals surface area contributed by atoms with Crippen molar-refractivity contribution in [2.24, 2.45) is 0 Å². The van der Waals surface area contributed by atoms with Gasteiger partial charge in [0.2, 0.25) is 0 Å². The van der Waals surface area contributed by atoms with Gasteiger partial charge >= 0.3 is 6.03 Å². The summed E-state index contributed by atoms with van der Waals surface area (Å²) in [5.74, 6) is 1.21. The van der Waals surface area contributed by atoms with Crippen LogP contribution in [-0.4, -0.2) is 39.5 Å². The maximum atomic E-state index is 11.9. The van der Waals surface area contributed by atoms with E-state index >= 15 is 0 Å². The lowest BCUT2D eigenvalue weighted by Gasteiger charge is -2.16. The van der Waals surface area contributed by atoms with E-state index in [-0.39, 0.29) is 12.1 Å². The van der Waals surface area contributed by atoms with Gasteiger partial charge in [-0.3, -0.25) is 0 Å². The maximum absolute atomic E-state index is 11.9. The average molecular weight is 296 g/mol. The van der Waals surface area contributed by atoms with E-state index in [1.165, 1.54) is 0 Å². The third-order valence-corrected chi connectivity index (χ3v) is 3.00. The molecule has 1 unspecified atom stereocenters. The van der Waals surface area contributed by atoms with Gasteiger partial charge in [-0.25, -0.2) is 4.79 Å². The van der Waals surface area contributed by atoms with Crippen molar-refractivity contribution in [1.82, 2.24) is 5.32 Å². The van der Waals surface area contributed by atoms with Crippen molar-refractivity contribution in [3.8, 4) is 11.5 Å². The van der Waals surface area contributed by atoms with Crippen LogP contribution in [0.5, 0.6) is 11.5 Å². The summed E-state index contributed by atoms with van der Waals surface area (Å²) in [7, 11) is 3.12. The fourth-order valence-corrected chi connectivity index (χ4v) is 1.83. The number of ether oxygens (including phenoxy) is 3. The number of carbonyl (C=O) groups is 1. The lowest BCUT2D eigenvalue weighted by Crippen LogP contribution is -2.36. The van der Waals surface area contributed by atoms with Crippen LogP contribution in [0.25, 0.3) is 0 Å². The Labute approximate surface area is 125 Å². The highest BCUT2D eigenvalue weighted by atomic mass is 16.5. The fourth-order valence-electron chi connectivity index (χ4n) is 1.83. The van der Waals surface area contributed by atoms with Crippen molar-refractivity contribution in [3.63, 3.8) is 0 Å². The van der Waals surface area contributed by atoms with E-state index < -0.39 is 0 Å². The molecule has 6 nitrogen and oxygen atoms in total. The van der Waals surface area contributed by atoms with Gasteiger partial charge in [-0.05, 0) is 25.5 Å². The molecule has 1 rings (SSSR count). The number of rotatable bonds is 8. The molecule has 0 aliphatic carbocycles. The number of methoxy groups -OCH3 is 2. The topological polar surface area (TPSA) is 68.8 Å². The standard InChI is InChI=1S/C15H24N2O4/c1-5-11(21-6-2)10-16-15(18)17-13-8-7-12(19-3)9-14(13)20-4/h7-9,11H,5-6,10H2,1-4H3,(H2,16,17,18). The van der Waals surface area contributed by atoms with Gasteiger partial charge in [0.25, 0.3) is 0 Å². The Kier molecular flexibility index (Phi) is 7.39. The molecule has 2 N–H and O–H groups in total. The first-order chi connectivity index (χ1) is 10.1. The number of anilines is 1. The van der Waals surface area contributed by atoms with Crippen molar-refractivity contribution in [2.75, 3.05) is 32.7 Å². The first-order valence-electron chi connectivity index (χ1n) is 7.03. The summed E-state index contributed by atoms with van der Waals surface area (Å²) in [6.07, 6.45) is 0.874. The molecule has 0 fully saturated rings. The van der Waals surface area contributed by atoms with Gasteiger partial charge in [0.05, 0.1) is 26.0 Å². The van der Waals surface area contributed by atoms with Gasteiger partial charge in [0, 0.05) is 19.2 Å². The number of benzene rings is 1. The van der Waals surface area contributed by atoms with Crippen molar-refractivity contribution in [2.45, 2.75) is 26.4 Å². The Hall–Kier alpha value is -1.95. The molecule has 21 heavy (non-hydrogen) atoms. The molecule has 0 aliphatic heterocycles. The number of nitrogens with one attached hydrogen (secondary N) is 2. The van der Waals surface area contributed by atoms with Crippen LogP contribution in [0.2, 0.25) is 0 Å². The second kappa shape index (κ2) is 9.07. The van der Waals surface area contributed by atoms with Crippen molar-refractivity contribution >= 4 is 11.7 Å². The van der Waals surface area contributed by atoms with Crippen molar-refractivity contribution < 1.29 is 19.0 Å². The van der Waals surface area contributed by atoms with Gasteiger partial charge in [-0.1, -0.05) is 6.92 Å². The molecule has 0 spiro atoms. The molecule has 6 heteroatoms. The lowest BCUT2D eigenvalue weighted by atomic mass is 10.2. The minimum atomic E-state index is -0.295. The zero-order valence-electron chi connectivity index (χ0n) is 13.1. The van der Waals surface area contributed by atoms with Crippen LogP contribution in [-0.2, 0) is 4.74 Å². The molecule has 0 aromatic heterocycles. The van der Waals surface area contributed by atoms with Gasteiger partial charge < -0.3 is 24.8 Å². The highest BCUT2D eigenvalue weighted by Crippen LogP contribution is 2.28. The second-order valence-corrected chi connectivity index (χ2v) is 4.39. The van der Waals surface area contributed by atoms with E-state index in [9.17, 15) is 4.79 Å². The summed E-state index contributed by atoms with van der Waals surface area (Å²) in [5.41, 5.74) is 0.584. The molecule has 1 aromatic carbocycles. The van der Waals surface area contributed by atoms with Gasteiger partial charge in [0.15, 0.2) is 0 Å². The Morgan fingerprint density at radius 1 is 1.24 bits per heavy atom. The fraction of sp³-hybridized carbons (Fsp3) is 0.533. The van der Waals surface area contributed by atoms with Gasteiger partial charge in [-0.15, -0.1) is 0 Å². The molecule has 0 aliphatic rings. The van der Waals surface area contributed by atoms with Crippen molar-refractivity contribution in [3.05, 3.63) is 18.2 Å². The smallest absolute Gasteiger partial charge is 0.319 e. The molecule has 0 heterocycles. The number of urea groups is 1. The average Bonchev–Trinajstić information content (AvgIpc) is 2.51. The van der Waals surface area contributed by atoms with Crippen molar-refractivity contribution in [1.29, 1.82) is 0 Å². The van der Waals surface area contributed by atoms with Crippen LogP contribution < -0.4 is 20.1 Å². The summed E-state index contributed by atoms with van der Waals surface area (Å²) in [6, 6.07) is 4.91. The quantitative estimate of drug-likeness (QED) is 0.774. The maximum Gasteiger partial charge on any atom is 0.319 e. The Morgan fingerprint density at radius 3 is 2.57 bits per heavy atom. The highest BCUT2D eigenvalue weighted by molar-refractivity contribution is 5.91. The highest BCUT2D eigenvalue weighted by Gasteiger charge is 2.11. The Bertz CT molecular complexity index is 451. The molecule has 0 saturated heterocycles. The van der Waals surface area contributed by atoms with Crippen LogP contribution in [0, 0.1) is 0 Å². The summed E-state index contributed by atoms with van der Waals surface area (Å²) >= 11 is 0. The summed E-state index contributed by atoms with van der Waals surface area (Å²) in [5, 5.41) is 5.53. The largest absolute Gasteiger partial charge is 0.497 e. The predicted molar refractivity (Wildman–Crippen MR) is 82.3 cm³/mol. The predicted octanol–water partition coefficient (Wildman–Crippen LogP) is 2.64. The zero-order valence-corrected chi connectivity index (χ0v) is 13.1. The van der Waals surface area contributed by atoms with E-state index in [4.69, 9.17) is 14.2 Å². The van der Waals surface area contributed by atoms with E-state index in [0.717, 1.165) is 6.42 Å². The monoisotopic (exact) mass is 296 g/mol. The van der Waals surface area contributed by atoms with Crippen LogP contribution in [0.3, 0.4) is 0 Å². The van der Waals surface area contributed by atoms with Crippen LogP contribution in [0.4, 0.5) is 10.5 Å². The number of hydrogen-bond donors (Lipinski definition) is 2. The van der Waals surface area contributed by atoms with E-state index in [1.54, 1.807) is 32.4 Å². The third kappa shape index (κ3) is 5.51. The Balaban J connectivity index is 2.58. The van der Waals surface area contributed by atoms with Crippen LogP contribution in [0.15, 0.2) is 18.2 Å². The number of hydrogen-bond acceptors (Lipinski definition) is 4. The summed E-state index contributed by atoms with van der Waals surface area (Å²) < 4.78 is 15.8. The summed E-state index contributed by atoms with van der Waals surface area (Å²) in [6.45, 7) is 5.06.